The van der Waals surface area contributed by atoms with Crippen LogP contribution in [0.25, 0.3) is 0 Å². The zero-order chi connectivity index (χ0) is 32.0. The average Bonchev–Trinajstić information content (AvgIpc) is 2.97. The summed E-state index contributed by atoms with van der Waals surface area (Å²) < 4.78 is 39.6. The van der Waals surface area contributed by atoms with E-state index in [1.807, 2.05) is 0 Å². The normalized spacial score (nSPS) is 43.3. The number of nitrogens with zero attached hydrogens (tertiary/aromatic N) is 1. The van der Waals surface area contributed by atoms with E-state index < -0.39 is 104 Å². The van der Waals surface area contributed by atoms with Gasteiger partial charge in [-0.3, -0.25) is 9.79 Å². The molecule has 3 rings (SSSR count). The Morgan fingerprint density at radius 1 is 1.05 bits per heavy atom. The lowest BCUT2D eigenvalue weighted by Crippen LogP contribution is -2.67. The number of rotatable bonds is 12. The van der Waals surface area contributed by atoms with E-state index in [0.29, 0.717) is 0 Å². The number of guanidine groups is 1. The summed E-state index contributed by atoms with van der Waals surface area (Å²) in [7, 11) is 1.37. The quantitative estimate of drug-likeness (QED) is 0.0710. The largest absolute Gasteiger partial charge is 0.394 e. The Hall–Kier alpha value is -1.65. The van der Waals surface area contributed by atoms with Crippen LogP contribution in [0.15, 0.2) is 4.99 Å². The number of aliphatic hydroxyl groups excluding tert-OH is 5. The van der Waals surface area contributed by atoms with Crippen LogP contribution in [-0.2, 0) is 23.7 Å². The molecule has 3 fully saturated rings. The molecule has 0 aromatic heterocycles. The van der Waals surface area contributed by atoms with Crippen molar-refractivity contribution in [2.24, 2.45) is 39.6 Å². The molecule has 17 nitrogen and oxygen atoms in total. The standard InChI is InChI=1S/C25H48FN7O10/c1-32-25(31)33-18-19(38)16(8-34)41-24(20(18)39)42-21-9(5-13(36)12(35)2-3-27)4-10(29)22(17(21)26)43-23-11(30)6-14(37)15(7-28)40-23/h9-12,14-24,34-35,37-39H,2-8,27-30H2,1H3,(H3,31,32,33)/t9-,10?,11?,12-,14-,15?,16+,17+,18?,19+,20+,21?,22+,23+,24?/m0/s1. The smallest absolute Gasteiger partial charge is 0.188 e. The highest BCUT2D eigenvalue weighted by molar-refractivity contribution is 5.83. The van der Waals surface area contributed by atoms with Crippen molar-refractivity contribution in [3.63, 3.8) is 0 Å². The Bertz CT molecular complexity index is 928. The zero-order valence-electron chi connectivity index (χ0n) is 24.1. The first kappa shape index (κ1) is 35.8. The zero-order valence-corrected chi connectivity index (χ0v) is 24.1. The maximum Gasteiger partial charge on any atom is 0.188 e. The summed E-state index contributed by atoms with van der Waals surface area (Å²) in [5.74, 6) is -1.67. The number of hydrogen-bond acceptors (Lipinski definition) is 15. The molecule has 0 spiro atoms. The van der Waals surface area contributed by atoms with Gasteiger partial charge in [-0.2, -0.15) is 0 Å². The third kappa shape index (κ3) is 8.54. The molecule has 1 aliphatic carbocycles. The Balaban J connectivity index is 1.88. The molecule has 2 aliphatic heterocycles. The van der Waals surface area contributed by atoms with E-state index >= 15 is 4.39 Å². The molecular formula is C25H48FN7O10. The number of carbonyl (C=O) groups excluding carboxylic acids is 1. The van der Waals surface area contributed by atoms with Gasteiger partial charge in [0.15, 0.2) is 30.5 Å². The predicted octanol–water partition coefficient (Wildman–Crippen LogP) is -5.79. The van der Waals surface area contributed by atoms with Gasteiger partial charge in [0, 0.05) is 26.1 Å². The van der Waals surface area contributed by atoms with Gasteiger partial charge in [-0.15, -0.1) is 0 Å². The average molecular weight is 626 g/mol. The molecule has 6 unspecified atom stereocenters. The number of ketones is 1. The lowest BCUT2D eigenvalue weighted by Gasteiger charge is -2.48. The van der Waals surface area contributed by atoms with Crippen LogP contribution in [0.5, 0.6) is 0 Å². The SMILES string of the molecule is CN=C(N)NC1[C@@H](O)C(OC2[C@H](CC(=O)[C@@H](O)CCN)CC(N)[C@@H](O[C@H]3OC(CN)[C@@H](O)CC3N)[C@@H]2F)O[C@H](CO)[C@H]1O. The number of hydrogen-bond donors (Lipinski definition) is 11. The number of nitrogens with two attached hydrogens (primary N) is 5. The molecule has 2 heterocycles. The van der Waals surface area contributed by atoms with E-state index in [1.165, 1.54) is 7.05 Å². The highest BCUT2D eigenvalue weighted by atomic mass is 19.1. The molecule has 250 valence electrons. The third-order valence-corrected chi connectivity index (χ3v) is 8.22. The molecular weight excluding hydrogens is 577 g/mol. The van der Waals surface area contributed by atoms with Crippen molar-refractivity contribution in [1.82, 2.24) is 5.32 Å². The van der Waals surface area contributed by atoms with Crippen LogP contribution in [0.2, 0.25) is 0 Å². The lowest BCUT2D eigenvalue weighted by atomic mass is 9.77. The van der Waals surface area contributed by atoms with Crippen LogP contribution in [0.1, 0.15) is 25.7 Å². The van der Waals surface area contributed by atoms with E-state index in [2.05, 4.69) is 10.3 Å². The molecule has 1 saturated carbocycles. The Morgan fingerprint density at radius 3 is 2.30 bits per heavy atom. The van der Waals surface area contributed by atoms with E-state index in [9.17, 15) is 30.3 Å². The number of halogens is 1. The number of aliphatic imine (C=N–C) groups is 1. The van der Waals surface area contributed by atoms with Crippen molar-refractivity contribution in [1.29, 1.82) is 0 Å². The molecule has 2 saturated heterocycles. The topological polar surface area (TPSA) is 310 Å². The van der Waals surface area contributed by atoms with Crippen LogP contribution < -0.4 is 34.0 Å². The number of ether oxygens (including phenoxy) is 4. The molecule has 3 aliphatic rings. The fourth-order valence-electron chi connectivity index (χ4n) is 5.74. The minimum absolute atomic E-state index is 0.00669. The predicted molar refractivity (Wildman–Crippen MR) is 149 cm³/mol. The van der Waals surface area contributed by atoms with Gasteiger partial charge >= 0.3 is 0 Å². The molecule has 15 atom stereocenters. The van der Waals surface area contributed by atoms with Gasteiger partial charge in [-0.05, 0) is 31.7 Å². The fraction of sp³-hybridized carbons (Fsp3) is 0.920. The summed E-state index contributed by atoms with van der Waals surface area (Å²) in [5, 5.41) is 54.5. The van der Waals surface area contributed by atoms with Gasteiger partial charge in [-0.1, -0.05) is 0 Å². The number of nitrogens with one attached hydrogen (secondary N) is 1. The van der Waals surface area contributed by atoms with E-state index in [0.717, 1.165) is 0 Å². The Morgan fingerprint density at radius 2 is 1.70 bits per heavy atom. The first-order chi connectivity index (χ1) is 20.4. The van der Waals surface area contributed by atoms with Crippen LogP contribution in [0.4, 0.5) is 4.39 Å². The second-order valence-corrected chi connectivity index (χ2v) is 11.3. The van der Waals surface area contributed by atoms with Crippen LogP contribution in [0.3, 0.4) is 0 Å². The molecule has 0 aromatic carbocycles. The molecule has 0 aromatic rings. The van der Waals surface area contributed by atoms with Gasteiger partial charge < -0.3 is 78.5 Å². The van der Waals surface area contributed by atoms with Gasteiger partial charge in [-0.25, -0.2) is 4.39 Å². The number of carbonyl (C=O) groups is 1. The summed E-state index contributed by atoms with van der Waals surface area (Å²) >= 11 is 0. The summed E-state index contributed by atoms with van der Waals surface area (Å²) in [6, 6.07) is -3.07. The second-order valence-electron chi connectivity index (χ2n) is 11.3. The summed E-state index contributed by atoms with van der Waals surface area (Å²) in [5.41, 5.74) is 29.3. The van der Waals surface area contributed by atoms with Crippen LogP contribution in [0, 0.1) is 5.92 Å². The minimum Gasteiger partial charge on any atom is -0.394 e. The van der Waals surface area contributed by atoms with Crippen molar-refractivity contribution >= 4 is 11.7 Å². The minimum atomic E-state index is -2.05. The van der Waals surface area contributed by atoms with Crippen molar-refractivity contribution in [2.75, 3.05) is 26.7 Å². The molecule has 16 N–H and O–H groups in total. The molecule has 43 heavy (non-hydrogen) atoms. The maximum atomic E-state index is 16.5. The Kier molecular flexibility index (Phi) is 13.4. The van der Waals surface area contributed by atoms with Crippen LogP contribution >= 0.6 is 0 Å². The van der Waals surface area contributed by atoms with Crippen molar-refractivity contribution in [3.8, 4) is 0 Å². The molecule has 0 amide bonds. The third-order valence-electron chi connectivity index (χ3n) is 8.22. The van der Waals surface area contributed by atoms with Crippen molar-refractivity contribution < 1.29 is 53.7 Å². The second kappa shape index (κ2) is 16.1. The summed E-state index contributed by atoms with van der Waals surface area (Å²) in [4.78, 5) is 16.5. The molecule has 18 heteroatoms. The monoisotopic (exact) mass is 625 g/mol. The van der Waals surface area contributed by atoms with Crippen LogP contribution in [-0.4, -0.2) is 150 Å². The Labute approximate surface area is 248 Å². The molecule has 0 radical (unpaired) electrons. The van der Waals surface area contributed by atoms with Gasteiger partial charge in [0.05, 0.1) is 37.0 Å². The van der Waals surface area contributed by atoms with E-state index in [4.69, 9.17) is 47.6 Å². The van der Waals surface area contributed by atoms with Crippen molar-refractivity contribution in [3.05, 3.63) is 0 Å². The van der Waals surface area contributed by atoms with Crippen molar-refractivity contribution in [2.45, 2.75) is 111 Å². The molecule has 0 bridgehead atoms. The first-order valence-corrected chi connectivity index (χ1v) is 14.4. The van der Waals surface area contributed by atoms with E-state index in [-0.39, 0.29) is 44.7 Å². The summed E-state index contributed by atoms with van der Waals surface area (Å²) in [6.07, 6.45) is -15.6. The highest BCUT2D eigenvalue weighted by Crippen LogP contribution is 2.37. The highest BCUT2D eigenvalue weighted by Gasteiger charge is 2.52. The lowest BCUT2D eigenvalue weighted by molar-refractivity contribution is -0.315. The fourth-order valence-corrected chi connectivity index (χ4v) is 5.74. The maximum absolute atomic E-state index is 16.5. The van der Waals surface area contributed by atoms with Gasteiger partial charge in [0.1, 0.15) is 30.5 Å². The number of Topliss-reactive ketones (excluding diaryl/α,β-unsaturated/α-hetero) is 1. The van der Waals surface area contributed by atoms with Gasteiger partial charge in [0.2, 0.25) is 0 Å². The summed E-state index contributed by atoms with van der Waals surface area (Å²) in [6.45, 7) is -0.681. The number of aliphatic hydroxyl groups is 5. The van der Waals surface area contributed by atoms with Gasteiger partial charge in [0.25, 0.3) is 0 Å². The first-order valence-electron chi connectivity index (χ1n) is 14.4. The van der Waals surface area contributed by atoms with E-state index in [1.54, 1.807) is 0 Å². The number of alkyl halides is 1.